The number of amides is 2. The van der Waals surface area contributed by atoms with Crippen molar-refractivity contribution in [1.29, 1.82) is 0 Å². The molecule has 4 aromatic carbocycles. The standard InChI is InChI=1S/C36H39Cl2N3O5S/c1-25-11-18-30(19-12-25)47(44,45)41(31-22-29(38)17-20-33(31)46-5)24-34(42)40(23-27-13-15-28(37)16-14-27)32(35(43)39-36(2,3)4)21-26-9-7-6-8-10-26/h6-20,22,32H,21,23-24H2,1-5H3,(H,39,43)/t32-/m1/s1. The fourth-order valence-corrected chi connectivity index (χ4v) is 6.71. The zero-order valence-corrected chi connectivity index (χ0v) is 29.4. The van der Waals surface area contributed by atoms with E-state index in [-0.39, 0.29) is 40.2 Å². The molecule has 1 N–H and O–H groups in total. The van der Waals surface area contributed by atoms with E-state index in [2.05, 4.69) is 5.32 Å². The van der Waals surface area contributed by atoms with Crippen LogP contribution in [-0.2, 0) is 32.6 Å². The van der Waals surface area contributed by atoms with Gasteiger partial charge < -0.3 is 15.0 Å². The smallest absolute Gasteiger partial charge is 0.264 e. The molecular formula is C36H39Cl2N3O5S. The van der Waals surface area contributed by atoms with Crippen LogP contribution in [0.2, 0.25) is 10.0 Å². The minimum atomic E-state index is -4.33. The van der Waals surface area contributed by atoms with Crippen LogP contribution < -0.4 is 14.4 Å². The zero-order valence-electron chi connectivity index (χ0n) is 27.0. The lowest BCUT2D eigenvalue weighted by molar-refractivity contribution is -0.140. The number of methoxy groups -OCH3 is 1. The van der Waals surface area contributed by atoms with E-state index in [1.807, 2.05) is 58.0 Å². The average molecular weight is 697 g/mol. The molecule has 4 aromatic rings. The summed E-state index contributed by atoms with van der Waals surface area (Å²) in [6.45, 7) is 6.79. The SMILES string of the molecule is COc1ccc(Cl)cc1N(CC(=O)N(Cc1ccc(Cl)cc1)[C@H](Cc1ccccc1)C(=O)NC(C)(C)C)S(=O)(=O)c1ccc(C)cc1. The number of ether oxygens (including phenoxy) is 1. The molecular weight excluding hydrogens is 657 g/mol. The average Bonchev–Trinajstić information content (AvgIpc) is 3.02. The molecule has 0 aliphatic heterocycles. The molecule has 1 atom stereocenters. The molecule has 0 unspecified atom stereocenters. The second-order valence-electron chi connectivity index (χ2n) is 12.2. The molecule has 0 spiro atoms. The van der Waals surface area contributed by atoms with Gasteiger partial charge >= 0.3 is 0 Å². The molecule has 248 valence electrons. The van der Waals surface area contributed by atoms with Gasteiger partial charge in [-0.25, -0.2) is 8.42 Å². The minimum absolute atomic E-state index is 0.0101. The van der Waals surface area contributed by atoms with Crippen molar-refractivity contribution in [2.75, 3.05) is 18.0 Å². The van der Waals surface area contributed by atoms with Gasteiger partial charge in [-0.1, -0.05) is 83.4 Å². The summed E-state index contributed by atoms with van der Waals surface area (Å²) >= 11 is 12.5. The van der Waals surface area contributed by atoms with Gasteiger partial charge in [-0.3, -0.25) is 13.9 Å². The predicted octanol–water partition coefficient (Wildman–Crippen LogP) is 7.06. The maximum Gasteiger partial charge on any atom is 0.264 e. The van der Waals surface area contributed by atoms with Gasteiger partial charge in [0.1, 0.15) is 18.3 Å². The topological polar surface area (TPSA) is 96.0 Å². The molecule has 0 saturated carbocycles. The van der Waals surface area contributed by atoms with E-state index in [4.69, 9.17) is 27.9 Å². The van der Waals surface area contributed by atoms with Crippen molar-refractivity contribution in [3.05, 3.63) is 124 Å². The molecule has 0 saturated heterocycles. The summed E-state index contributed by atoms with van der Waals surface area (Å²) in [5.41, 5.74) is 1.89. The number of halogens is 2. The number of carbonyl (C=O) groups is 2. The van der Waals surface area contributed by atoms with Gasteiger partial charge in [0, 0.05) is 28.5 Å². The van der Waals surface area contributed by atoms with E-state index in [1.54, 1.807) is 48.5 Å². The highest BCUT2D eigenvalue weighted by molar-refractivity contribution is 7.92. The lowest BCUT2D eigenvalue weighted by atomic mass is 10.0. The maximum absolute atomic E-state index is 14.7. The Morgan fingerprint density at radius 1 is 0.851 bits per heavy atom. The molecule has 0 radical (unpaired) electrons. The van der Waals surface area contributed by atoms with E-state index in [1.165, 1.54) is 30.2 Å². The quantitative estimate of drug-likeness (QED) is 0.171. The minimum Gasteiger partial charge on any atom is -0.495 e. The third kappa shape index (κ3) is 9.50. The Labute approximate surface area is 287 Å². The molecule has 8 nitrogen and oxygen atoms in total. The van der Waals surface area contributed by atoms with Crippen LogP contribution in [0.5, 0.6) is 5.75 Å². The number of sulfonamides is 1. The van der Waals surface area contributed by atoms with Crippen molar-refractivity contribution in [2.45, 2.75) is 57.1 Å². The summed E-state index contributed by atoms with van der Waals surface area (Å²) in [7, 11) is -2.92. The highest BCUT2D eigenvalue weighted by Gasteiger charge is 2.36. The van der Waals surface area contributed by atoms with Gasteiger partial charge in [-0.2, -0.15) is 0 Å². The molecule has 0 aromatic heterocycles. The third-order valence-corrected chi connectivity index (χ3v) is 9.59. The fourth-order valence-electron chi connectivity index (χ4n) is 5.00. The van der Waals surface area contributed by atoms with Crippen LogP contribution in [0, 0.1) is 6.92 Å². The van der Waals surface area contributed by atoms with Crippen LogP contribution in [0.1, 0.15) is 37.5 Å². The second-order valence-corrected chi connectivity index (χ2v) is 15.0. The van der Waals surface area contributed by atoms with Gasteiger partial charge in [0.25, 0.3) is 10.0 Å². The summed E-state index contributed by atoms with van der Waals surface area (Å²) in [5, 5.41) is 3.79. The molecule has 0 aliphatic rings. The number of carbonyl (C=O) groups excluding carboxylic acids is 2. The number of hydrogen-bond donors (Lipinski definition) is 1. The Morgan fingerprint density at radius 3 is 2.06 bits per heavy atom. The zero-order chi connectivity index (χ0) is 34.4. The second kappa shape index (κ2) is 15.2. The number of aryl methyl sites for hydroxylation is 1. The number of anilines is 1. The largest absolute Gasteiger partial charge is 0.495 e. The van der Waals surface area contributed by atoms with E-state index in [0.717, 1.165) is 15.4 Å². The van der Waals surface area contributed by atoms with Crippen LogP contribution in [0.25, 0.3) is 0 Å². The highest BCUT2D eigenvalue weighted by atomic mass is 35.5. The first-order valence-electron chi connectivity index (χ1n) is 15.0. The van der Waals surface area contributed by atoms with Gasteiger partial charge in [0.2, 0.25) is 11.8 Å². The van der Waals surface area contributed by atoms with E-state index in [0.29, 0.717) is 10.6 Å². The Balaban J connectivity index is 1.86. The highest BCUT2D eigenvalue weighted by Crippen LogP contribution is 2.35. The Kier molecular flexibility index (Phi) is 11.6. The number of nitrogens with zero attached hydrogens (tertiary/aromatic N) is 2. The van der Waals surface area contributed by atoms with Crippen molar-refractivity contribution in [3.63, 3.8) is 0 Å². The van der Waals surface area contributed by atoms with Gasteiger partial charge in [0.05, 0.1) is 17.7 Å². The van der Waals surface area contributed by atoms with Gasteiger partial charge in [-0.15, -0.1) is 0 Å². The Hall–Kier alpha value is -4.05. The first-order valence-corrected chi connectivity index (χ1v) is 17.2. The molecule has 0 fully saturated rings. The van der Waals surface area contributed by atoms with E-state index in [9.17, 15) is 18.0 Å². The lowest BCUT2D eigenvalue weighted by Crippen LogP contribution is -2.56. The molecule has 0 aliphatic carbocycles. The maximum atomic E-state index is 14.7. The van der Waals surface area contributed by atoms with Gasteiger partial charge in [0.15, 0.2) is 0 Å². The Morgan fingerprint density at radius 2 is 1.47 bits per heavy atom. The van der Waals surface area contributed by atoms with Crippen molar-refractivity contribution >= 4 is 50.7 Å². The van der Waals surface area contributed by atoms with Crippen molar-refractivity contribution in [2.24, 2.45) is 0 Å². The molecule has 11 heteroatoms. The molecule has 2 amide bonds. The number of nitrogens with one attached hydrogen (secondary N) is 1. The molecule has 0 heterocycles. The van der Waals surface area contributed by atoms with Crippen LogP contribution in [-0.4, -0.2) is 50.4 Å². The molecule has 4 rings (SSSR count). The summed E-state index contributed by atoms with van der Waals surface area (Å²) < 4.78 is 35.2. The van der Waals surface area contributed by atoms with Crippen LogP contribution >= 0.6 is 23.2 Å². The monoisotopic (exact) mass is 695 g/mol. The van der Waals surface area contributed by atoms with Crippen molar-refractivity contribution in [3.8, 4) is 5.75 Å². The fraction of sp³-hybridized carbons (Fsp3) is 0.278. The summed E-state index contributed by atoms with van der Waals surface area (Å²) in [6, 6.07) is 26.2. The number of rotatable bonds is 12. The summed E-state index contributed by atoms with van der Waals surface area (Å²) in [4.78, 5) is 30.1. The first-order chi connectivity index (χ1) is 22.2. The Bertz CT molecular complexity index is 1790. The van der Waals surface area contributed by atoms with E-state index >= 15 is 0 Å². The van der Waals surface area contributed by atoms with Crippen molar-refractivity contribution < 1.29 is 22.7 Å². The van der Waals surface area contributed by atoms with Crippen LogP contribution in [0.15, 0.2) is 102 Å². The van der Waals surface area contributed by atoms with E-state index < -0.39 is 34.1 Å². The van der Waals surface area contributed by atoms with Gasteiger partial charge in [-0.05, 0) is 81.3 Å². The van der Waals surface area contributed by atoms with Crippen LogP contribution in [0.3, 0.4) is 0 Å². The molecule has 0 bridgehead atoms. The normalized spacial score (nSPS) is 12.2. The van der Waals surface area contributed by atoms with Crippen molar-refractivity contribution in [1.82, 2.24) is 10.2 Å². The first kappa shape index (κ1) is 35.8. The third-order valence-electron chi connectivity index (χ3n) is 7.33. The lowest BCUT2D eigenvalue weighted by Gasteiger charge is -2.35. The number of benzene rings is 4. The molecule has 47 heavy (non-hydrogen) atoms. The summed E-state index contributed by atoms with van der Waals surface area (Å²) in [5.74, 6) is -0.784. The number of hydrogen-bond acceptors (Lipinski definition) is 5. The predicted molar refractivity (Wildman–Crippen MR) is 188 cm³/mol. The summed E-state index contributed by atoms with van der Waals surface area (Å²) in [6.07, 6.45) is 0.188. The van der Waals surface area contributed by atoms with Crippen LogP contribution in [0.4, 0.5) is 5.69 Å².